The number of hydrogen-bond acceptors (Lipinski definition) is 3. The number of nitrogens with zero attached hydrogens (tertiary/aromatic N) is 2. The Balaban J connectivity index is 1.56. The SMILES string of the molecule is c1ccc2[nH]c(CN3CCCC4CNCC43)nc2c1. The van der Waals surface area contributed by atoms with Crippen molar-refractivity contribution in [2.24, 2.45) is 5.92 Å². The van der Waals surface area contributed by atoms with Gasteiger partial charge in [-0.25, -0.2) is 4.98 Å². The van der Waals surface area contributed by atoms with E-state index < -0.39 is 0 Å². The molecular formula is C15H20N4. The summed E-state index contributed by atoms with van der Waals surface area (Å²) in [7, 11) is 0. The molecule has 100 valence electrons. The lowest BCUT2D eigenvalue weighted by Gasteiger charge is -2.36. The number of piperidine rings is 1. The molecule has 3 heterocycles. The molecule has 1 aromatic heterocycles. The minimum Gasteiger partial charge on any atom is -0.341 e. The summed E-state index contributed by atoms with van der Waals surface area (Å²) in [4.78, 5) is 10.8. The lowest BCUT2D eigenvalue weighted by atomic mass is 9.92. The highest BCUT2D eigenvalue weighted by atomic mass is 15.2. The van der Waals surface area contributed by atoms with Crippen molar-refractivity contribution in [3.05, 3.63) is 30.1 Å². The molecule has 2 aromatic rings. The third-order valence-corrected chi connectivity index (χ3v) is 4.58. The number of para-hydroxylation sites is 2. The van der Waals surface area contributed by atoms with Gasteiger partial charge >= 0.3 is 0 Å². The summed E-state index contributed by atoms with van der Waals surface area (Å²) in [6, 6.07) is 8.99. The smallest absolute Gasteiger partial charge is 0.121 e. The molecule has 4 heteroatoms. The number of aromatic amines is 1. The highest BCUT2D eigenvalue weighted by molar-refractivity contribution is 5.74. The van der Waals surface area contributed by atoms with Gasteiger partial charge in [-0.1, -0.05) is 12.1 Å². The lowest BCUT2D eigenvalue weighted by molar-refractivity contribution is 0.115. The number of likely N-dealkylation sites (tertiary alicyclic amines) is 1. The van der Waals surface area contributed by atoms with Gasteiger partial charge in [0.2, 0.25) is 0 Å². The predicted molar refractivity (Wildman–Crippen MR) is 75.9 cm³/mol. The summed E-state index contributed by atoms with van der Waals surface area (Å²) >= 11 is 0. The van der Waals surface area contributed by atoms with Crippen LogP contribution in [-0.4, -0.2) is 40.5 Å². The molecule has 2 aliphatic heterocycles. The van der Waals surface area contributed by atoms with E-state index in [-0.39, 0.29) is 0 Å². The highest BCUT2D eigenvalue weighted by Gasteiger charge is 2.34. The van der Waals surface area contributed by atoms with Gasteiger partial charge in [0.15, 0.2) is 0 Å². The largest absolute Gasteiger partial charge is 0.341 e. The second kappa shape index (κ2) is 4.62. The summed E-state index contributed by atoms with van der Waals surface area (Å²) in [6.07, 6.45) is 2.71. The summed E-state index contributed by atoms with van der Waals surface area (Å²) in [5, 5.41) is 3.53. The number of rotatable bonds is 2. The minimum atomic E-state index is 0.710. The monoisotopic (exact) mass is 256 g/mol. The number of benzene rings is 1. The first kappa shape index (κ1) is 11.4. The fourth-order valence-electron chi connectivity index (χ4n) is 3.63. The van der Waals surface area contributed by atoms with Crippen molar-refractivity contribution in [3.63, 3.8) is 0 Å². The first-order chi connectivity index (χ1) is 9.40. The molecule has 4 rings (SSSR count). The van der Waals surface area contributed by atoms with Crippen LogP contribution in [0.3, 0.4) is 0 Å². The third-order valence-electron chi connectivity index (χ3n) is 4.58. The van der Waals surface area contributed by atoms with Crippen LogP contribution in [0.4, 0.5) is 0 Å². The quantitative estimate of drug-likeness (QED) is 0.860. The molecule has 2 N–H and O–H groups in total. The van der Waals surface area contributed by atoms with E-state index in [0.717, 1.165) is 35.9 Å². The second-order valence-electron chi connectivity index (χ2n) is 5.80. The number of aromatic nitrogens is 2. The topological polar surface area (TPSA) is 44.0 Å². The number of fused-ring (bicyclic) bond motifs is 2. The Morgan fingerprint density at radius 2 is 2.21 bits per heavy atom. The molecular weight excluding hydrogens is 236 g/mol. The van der Waals surface area contributed by atoms with E-state index in [1.165, 1.54) is 25.9 Å². The van der Waals surface area contributed by atoms with Gasteiger partial charge < -0.3 is 10.3 Å². The van der Waals surface area contributed by atoms with Crippen LogP contribution in [0, 0.1) is 5.92 Å². The van der Waals surface area contributed by atoms with Crippen LogP contribution >= 0.6 is 0 Å². The summed E-state index contributed by atoms with van der Waals surface area (Å²) < 4.78 is 0. The zero-order chi connectivity index (χ0) is 12.7. The molecule has 2 fully saturated rings. The Bertz CT molecular complexity index is 543. The van der Waals surface area contributed by atoms with Gasteiger partial charge in [0.25, 0.3) is 0 Å². The van der Waals surface area contributed by atoms with Crippen LogP contribution in [0.15, 0.2) is 24.3 Å². The Morgan fingerprint density at radius 3 is 3.16 bits per heavy atom. The maximum absolute atomic E-state index is 4.70. The van der Waals surface area contributed by atoms with Gasteiger partial charge in [-0.2, -0.15) is 0 Å². The molecule has 19 heavy (non-hydrogen) atoms. The van der Waals surface area contributed by atoms with Crippen molar-refractivity contribution < 1.29 is 0 Å². The molecule has 2 saturated heterocycles. The molecule has 0 amide bonds. The molecule has 0 spiro atoms. The molecule has 0 bridgehead atoms. The second-order valence-corrected chi connectivity index (χ2v) is 5.80. The van der Waals surface area contributed by atoms with Crippen molar-refractivity contribution >= 4 is 11.0 Å². The first-order valence-electron chi connectivity index (χ1n) is 7.28. The van der Waals surface area contributed by atoms with Gasteiger partial charge in [-0.15, -0.1) is 0 Å². The Hall–Kier alpha value is -1.39. The van der Waals surface area contributed by atoms with Crippen molar-refractivity contribution in [1.29, 1.82) is 0 Å². The van der Waals surface area contributed by atoms with Gasteiger partial charge in [0.05, 0.1) is 17.6 Å². The van der Waals surface area contributed by atoms with Crippen LogP contribution in [0.1, 0.15) is 18.7 Å². The van der Waals surface area contributed by atoms with E-state index in [2.05, 4.69) is 33.4 Å². The van der Waals surface area contributed by atoms with Crippen molar-refractivity contribution in [2.75, 3.05) is 19.6 Å². The van der Waals surface area contributed by atoms with Gasteiger partial charge in [0, 0.05) is 12.6 Å². The fourth-order valence-corrected chi connectivity index (χ4v) is 3.63. The summed E-state index contributed by atoms with van der Waals surface area (Å²) in [6.45, 7) is 4.50. The Labute approximate surface area is 113 Å². The van der Waals surface area contributed by atoms with Crippen LogP contribution in [0.25, 0.3) is 11.0 Å². The Morgan fingerprint density at radius 1 is 1.26 bits per heavy atom. The molecule has 0 radical (unpaired) electrons. The van der Waals surface area contributed by atoms with Crippen LogP contribution < -0.4 is 5.32 Å². The fraction of sp³-hybridized carbons (Fsp3) is 0.533. The number of hydrogen-bond donors (Lipinski definition) is 2. The third kappa shape index (κ3) is 2.05. The predicted octanol–water partition coefficient (Wildman–Crippen LogP) is 1.75. The van der Waals surface area contributed by atoms with Gasteiger partial charge in [0.1, 0.15) is 5.82 Å². The molecule has 0 aliphatic carbocycles. The first-order valence-corrected chi connectivity index (χ1v) is 7.28. The van der Waals surface area contributed by atoms with Gasteiger partial charge in [-0.3, -0.25) is 4.90 Å². The van der Waals surface area contributed by atoms with Crippen LogP contribution in [-0.2, 0) is 6.54 Å². The normalized spacial score (nSPS) is 27.8. The van der Waals surface area contributed by atoms with Crippen molar-refractivity contribution in [1.82, 2.24) is 20.2 Å². The average molecular weight is 256 g/mol. The minimum absolute atomic E-state index is 0.710. The number of imidazole rings is 1. The molecule has 0 saturated carbocycles. The molecule has 2 aliphatic rings. The van der Waals surface area contributed by atoms with E-state index in [0.29, 0.717) is 6.04 Å². The zero-order valence-corrected chi connectivity index (χ0v) is 11.1. The highest BCUT2D eigenvalue weighted by Crippen LogP contribution is 2.27. The average Bonchev–Trinajstić information content (AvgIpc) is 3.04. The van der Waals surface area contributed by atoms with Gasteiger partial charge in [-0.05, 0) is 44.0 Å². The van der Waals surface area contributed by atoms with Crippen LogP contribution in [0.5, 0.6) is 0 Å². The molecule has 1 aromatic carbocycles. The Kier molecular flexibility index (Phi) is 2.78. The van der Waals surface area contributed by atoms with Crippen molar-refractivity contribution in [2.45, 2.75) is 25.4 Å². The molecule has 4 nitrogen and oxygen atoms in total. The maximum atomic E-state index is 4.70. The molecule has 2 atom stereocenters. The van der Waals surface area contributed by atoms with E-state index in [9.17, 15) is 0 Å². The van der Waals surface area contributed by atoms with E-state index >= 15 is 0 Å². The van der Waals surface area contributed by atoms with E-state index in [1.807, 2.05) is 6.07 Å². The molecule has 2 unspecified atom stereocenters. The number of H-pyrrole nitrogens is 1. The van der Waals surface area contributed by atoms with E-state index in [4.69, 9.17) is 4.98 Å². The summed E-state index contributed by atoms with van der Waals surface area (Å²) in [5.74, 6) is 1.95. The standard InChI is InChI=1S/C15H20N4/c1-2-6-13-12(5-1)17-15(18-13)10-19-7-3-4-11-8-16-9-14(11)19/h1-2,5-6,11,14,16H,3-4,7-10H2,(H,17,18). The van der Waals surface area contributed by atoms with Crippen LogP contribution in [0.2, 0.25) is 0 Å². The zero-order valence-electron chi connectivity index (χ0n) is 11.1. The van der Waals surface area contributed by atoms with E-state index in [1.54, 1.807) is 0 Å². The maximum Gasteiger partial charge on any atom is 0.121 e. The van der Waals surface area contributed by atoms with Crippen molar-refractivity contribution in [3.8, 4) is 0 Å². The number of nitrogens with one attached hydrogen (secondary N) is 2. The lowest BCUT2D eigenvalue weighted by Crippen LogP contribution is -2.44. The summed E-state index contributed by atoms with van der Waals surface area (Å²) in [5.41, 5.74) is 2.23.